The number of sulfonamides is 1. The molecular weight excluding hydrogens is 572 g/mol. The number of hydrogen-bond acceptors (Lipinski definition) is 8. The first-order valence-corrected chi connectivity index (χ1v) is 15.6. The van der Waals surface area contributed by atoms with Gasteiger partial charge in [0.2, 0.25) is 5.91 Å². The number of nitrogens with one attached hydrogen (secondary N) is 1. The fraction of sp³-hybridized carbons (Fsp3) is 0.393. The molecule has 0 bridgehead atoms. The lowest BCUT2D eigenvalue weighted by atomic mass is 9.94. The molecule has 2 aromatic carbocycles. The van der Waals surface area contributed by atoms with Crippen molar-refractivity contribution in [1.29, 1.82) is 0 Å². The number of nitrogens with zero attached hydrogens (tertiary/aromatic N) is 2. The first-order valence-electron chi connectivity index (χ1n) is 12.8. The highest BCUT2D eigenvalue weighted by molar-refractivity contribution is 7.91. The minimum Gasteiger partial charge on any atom is -0.497 e. The van der Waals surface area contributed by atoms with Gasteiger partial charge in [-0.15, -0.1) is 11.3 Å². The zero-order valence-corrected chi connectivity index (χ0v) is 25.0. The van der Waals surface area contributed by atoms with E-state index in [1.54, 1.807) is 12.0 Å². The van der Waals surface area contributed by atoms with Gasteiger partial charge in [0.15, 0.2) is 0 Å². The molecule has 214 valence electrons. The quantitative estimate of drug-likeness (QED) is 0.316. The monoisotopic (exact) mass is 604 g/mol. The topological polar surface area (TPSA) is 132 Å². The van der Waals surface area contributed by atoms with E-state index >= 15 is 0 Å². The SMILES string of the molecule is COc1ccc(C2(C(=O)N(CCCc3cccc(Cl)c3)Cc3nc(C(=O)NS(=O)(=O)C(C)(C)N)cs3)CC2)cc1. The van der Waals surface area contributed by atoms with Crippen molar-refractivity contribution in [2.75, 3.05) is 13.7 Å². The summed E-state index contributed by atoms with van der Waals surface area (Å²) in [6, 6.07) is 15.2. The highest BCUT2D eigenvalue weighted by Crippen LogP contribution is 2.50. The number of aromatic nitrogens is 1. The number of carbonyl (C=O) groups is 2. The van der Waals surface area contributed by atoms with Gasteiger partial charge in [0, 0.05) is 16.9 Å². The molecule has 1 fully saturated rings. The number of rotatable bonds is 12. The second-order valence-corrected chi connectivity index (χ2v) is 14.1. The Bertz CT molecular complexity index is 1480. The number of thiazole rings is 1. The van der Waals surface area contributed by atoms with Gasteiger partial charge in [-0.1, -0.05) is 35.9 Å². The van der Waals surface area contributed by atoms with Crippen LogP contribution in [0, 0.1) is 0 Å². The normalized spacial score (nSPS) is 14.4. The Hall–Kier alpha value is -2.99. The van der Waals surface area contributed by atoms with E-state index in [9.17, 15) is 18.0 Å². The highest BCUT2D eigenvalue weighted by atomic mass is 35.5. The summed E-state index contributed by atoms with van der Waals surface area (Å²) in [5.41, 5.74) is 7.03. The molecule has 1 saturated carbocycles. The van der Waals surface area contributed by atoms with Gasteiger partial charge < -0.3 is 15.4 Å². The molecule has 1 aliphatic carbocycles. The van der Waals surface area contributed by atoms with Gasteiger partial charge in [-0.3, -0.25) is 9.59 Å². The predicted molar refractivity (Wildman–Crippen MR) is 156 cm³/mol. The number of hydrogen-bond donors (Lipinski definition) is 2. The Labute approximate surface area is 243 Å². The zero-order valence-electron chi connectivity index (χ0n) is 22.6. The van der Waals surface area contributed by atoms with Gasteiger partial charge in [-0.25, -0.2) is 18.1 Å². The van der Waals surface area contributed by atoms with E-state index in [0.29, 0.717) is 23.0 Å². The molecule has 0 atom stereocenters. The average Bonchev–Trinajstić information content (AvgIpc) is 3.58. The molecular formula is C28H33ClN4O5S2. The lowest BCUT2D eigenvalue weighted by Gasteiger charge is -2.27. The maximum Gasteiger partial charge on any atom is 0.284 e. The van der Waals surface area contributed by atoms with E-state index in [-0.39, 0.29) is 18.1 Å². The lowest BCUT2D eigenvalue weighted by Crippen LogP contribution is -2.50. The minimum atomic E-state index is -4.10. The highest BCUT2D eigenvalue weighted by Gasteiger charge is 2.53. The van der Waals surface area contributed by atoms with E-state index in [4.69, 9.17) is 22.1 Å². The van der Waals surface area contributed by atoms with Crippen LogP contribution >= 0.6 is 22.9 Å². The summed E-state index contributed by atoms with van der Waals surface area (Å²) in [6.07, 6.45) is 2.91. The van der Waals surface area contributed by atoms with Gasteiger partial charge >= 0.3 is 0 Å². The average molecular weight is 605 g/mol. The van der Waals surface area contributed by atoms with Crippen molar-refractivity contribution >= 4 is 44.8 Å². The van der Waals surface area contributed by atoms with E-state index in [1.807, 2.05) is 53.3 Å². The van der Waals surface area contributed by atoms with Crippen molar-refractivity contribution in [3.8, 4) is 5.75 Å². The lowest BCUT2D eigenvalue weighted by molar-refractivity contribution is -0.134. The van der Waals surface area contributed by atoms with Gasteiger partial charge in [0.1, 0.15) is 21.3 Å². The van der Waals surface area contributed by atoms with Crippen LogP contribution in [0.4, 0.5) is 0 Å². The number of halogens is 1. The van der Waals surface area contributed by atoms with Gasteiger partial charge in [0.05, 0.1) is 19.1 Å². The number of methoxy groups -OCH3 is 1. The minimum absolute atomic E-state index is 0.00239. The number of ether oxygens (including phenoxy) is 1. The summed E-state index contributed by atoms with van der Waals surface area (Å²) < 4.78 is 31.9. The molecule has 40 heavy (non-hydrogen) atoms. The van der Waals surface area contributed by atoms with E-state index < -0.39 is 26.2 Å². The standard InChI is InChI=1S/C28H33ClN4O5S2/c1-27(2,30)40(36,37)32-25(34)23-18-39-24(31-23)17-33(15-5-7-19-6-4-8-21(29)16-19)26(35)28(13-14-28)20-9-11-22(38-3)12-10-20/h4,6,8-12,16,18H,5,7,13-15,17,30H2,1-3H3,(H,32,34). The van der Waals surface area contributed by atoms with Crippen molar-refractivity contribution in [2.24, 2.45) is 5.73 Å². The number of aryl methyl sites for hydroxylation is 1. The summed E-state index contributed by atoms with van der Waals surface area (Å²) in [4.78, 5) is 31.1. The molecule has 3 N–H and O–H groups in total. The summed E-state index contributed by atoms with van der Waals surface area (Å²) in [7, 11) is -2.50. The van der Waals surface area contributed by atoms with E-state index in [2.05, 4.69) is 4.98 Å². The third-order valence-corrected chi connectivity index (χ3v) is 9.81. The van der Waals surface area contributed by atoms with E-state index in [0.717, 1.165) is 36.1 Å². The van der Waals surface area contributed by atoms with Crippen LogP contribution in [-0.4, -0.2) is 48.6 Å². The first-order chi connectivity index (χ1) is 18.8. The van der Waals surface area contributed by atoms with Crippen LogP contribution in [0.1, 0.15) is 59.7 Å². The van der Waals surface area contributed by atoms with Crippen LogP contribution < -0.4 is 15.2 Å². The molecule has 0 unspecified atom stereocenters. The second-order valence-electron chi connectivity index (χ2n) is 10.4. The van der Waals surface area contributed by atoms with Crippen LogP contribution in [0.15, 0.2) is 53.9 Å². The van der Waals surface area contributed by atoms with Gasteiger partial charge in [0.25, 0.3) is 15.9 Å². The van der Waals surface area contributed by atoms with Gasteiger partial charge in [-0.2, -0.15) is 0 Å². The Morgan fingerprint density at radius 3 is 2.50 bits per heavy atom. The maximum atomic E-state index is 14.0. The summed E-state index contributed by atoms with van der Waals surface area (Å²) in [6.45, 7) is 3.25. The Morgan fingerprint density at radius 1 is 1.20 bits per heavy atom. The molecule has 0 spiro atoms. The van der Waals surface area contributed by atoms with Crippen molar-refractivity contribution in [2.45, 2.75) is 56.4 Å². The summed E-state index contributed by atoms with van der Waals surface area (Å²) in [5.74, 6) is -0.145. The molecule has 0 saturated heterocycles. The number of nitrogens with two attached hydrogens (primary N) is 1. The van der Waals surface area contributed by atoms with Crippen LogP contribution in [0.25, 0.3) is 0 Å². The summed E-state index contributed by atoms with van der Waals surface area (Å²) >= 11 is 7.33. The molecule has 1 aromatic heterocycles. The van der Waals surface area contributed by atoms with Gasteiger partial charge in [-0.05, 0) is 74.9 Å². The molecule has 1 aliphatic rings. The largest absolute Gasteiger partial charge is 0.497 e. The summed E-state index contributed by atoms with van der Waals surface area (Å²) in [5, 5.41) is 2.67. The molecule has 2 amide bonds. The third-order valence-electron chi connectivity index (χ3n) is 6.90. The van der Waals surface area contributed by atoms with Crippen molar-refractivity contribution < 1.29 is 22.7 Å². The fourth-order valence-electron chi connectivity index (χ4n) is 4.34. The predicted octanol–water partition coefficient (Wildman–Crippen LogP) is 4.25. The molecule has 3 aromatic rings. The van der Waals surface area contributed by atoms with Crippen LogP contribution in [-0.2, 0) is 33.2 Å². The van der Waals surface area contributed by atoms with E-state index in [1.165, 1.54) is 30.6 Å². The van der Waals surface area contributed by atoms with Crippen molar-refractivity contribution in [3.05, 3.63) is 80.8 Å². The molecule has 9 nitrogen and oxygen atoms in total. The fourth-order valence-corrected chi connectivity index (χ4v) is 5.95. The molecule has 4 rings (SSSR count). The van der Waals surface area contributed by atoms with Crippen molar-refractivity contribution in [3.63, 3.8) is 0 Å². The molecule has 0 aliphatic heterocycles. The molecule has 12 heteroatoms. The number of benzene rings is 2. The molecule has 1 heterocycles. The third kappa shape index (κ3) is 6.83. The van der Waals surface area contributed by atoms with Crippen molar-refractivity contribution in [1.82, 2.24) is 14.6 Å². The first kappa shape index (κ1) is 30.0. The maximum absolute atomic E-state index is 14.0. The van der Waals surface area contributed by atoms with Crippen LogP contribution in [0.5, 0.6) is 5.75 Å². The number of carbonyl (C=O) groups excluding carboxylic acids is 2. The Morgan fingerprint density at radius 2 is 1.90 bits per heavy atom. The van der Waals surface area contributed by atoms with Crippen LogP contribution in [0.2, 0.25) is 5.02 Å². The molecule has 0 radical (unpaired) electrons. The zero-order chi connectivity index (χ0) is 29.1. The smallest absolute Gasteiger partial charge is 0.284 e. The number of amides is 2. The second kappa shape index (κ2) is 11.9. The Kier molecular flexibility index (Phi) is 8.89. The van der Waals surface area contributed by atoms with Crippen LogP contribution in [0.3, 0.4) is 0 Å². The Balaban J connectivity index is 1.52.